The predicted molar refractivity (Wildman–Crippen MR) is 127 cm³/mol. The Morgan fingerprint density at radius 3 is 2.42 bits per heavy atom. The number of hydrogen-bond donors (Lipinski definition) is 1. The lowest BCUT2D eigenvalue weighted by Crippen LogP contribution is -2.21. The fourth-order valence-corrected chi connectivity index (χ4v) is 4.24. The molecule has 8 heteroatoms. The Kier molecular flexibility index (Phi) is 7.64. The summed E-state index contributed by atoms with van der Waals surface area (Å²) >= 11 is 2.93. The Morgan fingerprint density at radius 2 is 1.81 bits per heavy atom. The van der Waals surface area contributed by atoms with E-state index in [0.717, 1.165) is 21.1 Å². The summed E-state index contributed by atoms with van der Waals surface area (Å²) in [5.41, 5.74) is 1.94. The van der Waals surface area contributed by atoms with Crippen molar-refractivity contribution < 1.29 is 19.4 Å². The minimum atomic E-state index is -0.939. The zero-order valence-corrected chi connectivity index (χ0v) is 18.5. The van der Waals surface area contributed by atoms with Crippen molar-refractivity contribution in [2.75, 3.05) is 14.2 Å². The fourth-order valence-electron chi connectivity index (χ4n) is 2.54. The fraction of sp³-hybridized carbons (Fsp3) is 0.0870. The van der Waals surface area contributed by atoms with Gasteiger partial charge in [0.15, 0.2) is 5.17 Å². The van der Waals surface area contributed by atoms with Gasteiger partial charge in [0.1, 0.15) is 5.75 Å². The molecule has 31 heavy (non-hydrogen) atoms. The van der Waals surface area contributed by atoms with Crippen molar-refractivity contribution in [2.45, 2.75) is 0 Å². The van der Waals surface area contributed by atoms with E-state index in [9.17, 15) is 9.59 Å². The summed E-state index contributed by atoms with van der Waals surface area (Å²) in [4.78, 5) is 30.3. The molecule has 158 valence electrons. The van der Waals surface area contributed by atoms with Crippen LogP contribution in [0.3, 0.4) is 0 Å². The number of thioether (sulfide) groups is 1. The normalized spacial score (nSPS) is 11.5. The van der Waals surface area contributed by atoms with Crippen molar-refractivity contribution in [3.05, 3.63) is 76.5 Å². The van der Waals surface area contributed by atoms with Crippen LogP contribution < -0.4 is 4.74 Å². The van der Waals surface area contributed by atoms with Crippen LogP contribution in [-0.2, 0) is 4.79 Å². The molecule has 1 aromatic heterocycles. The number of carboxylic acids is 1. The van der Waals surface area contributed by atoms with Gasteiger partial charge in [0.2, 0.25) is 6.41 Å². The molecule has 0 aliphatic rings. The third-order valence-corrected chi connectivity index (χ3v) is 6.17. The SMILES string of the molecule is COc1ccc(N=C(S/C=C\c2ccc(-c3ccc(C(=O)O)cc3)s2)N(C)C=O)cc1. The second kappa shape index (κ2) is 10.6. The molecule has 0 saturated heterocycles. The number of amides is 1. The molecule has 1 amide bonds. The summed E-state index contributed by atoms with van der Waals surface area (Å²) in [6, 6.07) is 18.1. The van der Waals surface area contributed by atoms with E-state index in [2.05, 4.69) is 4.99 Å². The monoisotopic (exact) mass is 452 g/mol. The highest BCUT2D eigenvalue weighted by Gasteiger charge is 2.07. The van der Waals surface area contributed by atoms with Crippen molar-refractivity contribution in [2.24, 2.45) is 4.99 Å². The highest BCUT2D eigenvalue weighted by Crippen LogP contribution is 2.30. The third kappa shape index (κ3) is 6.07. The van der Waals surface area contributed by atoms with E-state index < -0.39 is 5.97 Å². The molecule has 0 bridgehead atoms. The average Bonchev–Trinajstić information content (AvgIpc) is 3.27. The Hall–Kier alpha value is -3.36. The van der Waals surface area contributed by atoms with Crippen LogP contribution in [0.25, 0.3) is 16.5 Å². The number of carbonyl (C=O) groups excluding carboxylic acids is 1. The molecule has 0 radical (unpaired) electrons. The molecule has 1 N–H and O–H groups in total. The van der Waals surface area contributed by atoms with Gasteiger partial charge < -0.3 is 9.84 Å². The highest BCUT2D eigenvalue weighted by molar-refractivity contribution is 8.16. The molecule has 3 aromatic rings. The maximum Gasteiger partial charge on any atom is 0.335 e. The van der Waals surface area contributed by atoms with E-state index in [1.165, 1.54) is 16.7 Å². The maximum absolute atomic E-state index is 11.2. The topological polar surface area (TPSA) is 79.2 Å². The smallest absolute Gasteiger partial charge is 0.335 e. The number of rotatable bonds is 7. The van der Waals surface area contributed by atoms with Gasteiger partial charge in [-0.25, -0.2) is 9.79 Å². The highest BCUT2D eigenvalue weighted by atomic mass is 32.2. The van der Waals surface area contributed by atoms with Gasteiger partial charge in [-0.1, -0.05) is 23.9 Å². The largest absolute Gasteiger partial charge is 0.497 e. The Morgan fingerprint density at radius 1 is 1.10 bits per heavy atom. The first-order chi connectivity index (χ1) is 15.0. The molecule has 0 unspecified atom stereocenters. The van der Waals surface area contributed by atoms with Crippen molar-refractivity contribution >= 4 is 52.4 Å². The van der Waals surface area contributed by atoms with E-state index in [4.69, 9.17) is 9.84 Å². The lowest BCUT2D eigenvalue weighted by atomic mass is 10.1. The molecular formula is C23H20N2O4S2. The number of aliphatic imine (C=N–C) groups is 1. The maximum atomic E-state index is 11.2. The van der Waals surface area contributed by atoms with E-state index in [1.54, 1.807) is 49.8 Å². The number of thiophene rings is 1. The summed E-state index contributed by atoms with van der Waals surface area (Å²) in [6.45, 7) is 0. The molecular weight excluding hydrogens is 432 g/mol. The second-order valence-corrected chi connectivity index (χ2v) is 8.30. The lowest BCUT2D eigenvalue weighted by molar-refractivity contribution is -0.113. The average molecular weight is 453 g/mol. The number of carbonyl (C=O) groups is 2. The number of ether oxygens (including phenoxy) is 1. The quantitative estimate of drug-likeness (QED) is 0.287. The van der Waals surface area contributed by atoms with Crippen molar-refractivity contribution in [1.29, 1.82) is 0 Å². The Labute approximate surface area is 188 Å². The number of aromatic carboxylic acids is 1. The van der Waals surface area contributed by atoms with Gasteiger partial charge in [-0.05, 0) is 65.6 Å². The Balaban J connectivity index is 1.71. The minimum absolute atomic E-state index is 0.264. The molecule has 3 rings (SSSR count). The zero-order chi connectivity index (χ0) is 22.2. The molecule has 0 aliphatic heterocycles. The zero-order valence-electron chi connectivity index (χ0n) is 16.9. The van der Waals surface area contributed by atoms with Gasteiger partial charge in [-0.3, -0.25) is 9.69 Å². The van der Waals surface area contributed by atoms with Gasteiger partial charge in [-0.15, -0.1) is 11.3 Å². The predicted octanol–water partition coefficient (Wildman–Crippen LogP) is 5.60. The van der Waals surface area contributed by atoms with Gasteiger partial charge in [0.05, 0.1) is 18.4 Å². The van der Waals surface area contributed by atoms with Gasteiger partial charge in [-0.2, -0.15) is 0 Å². The van der Waals surface area contributed by atoms with Crippen molar-refractivity contribution in [3.63, 3.8) is 0 Å². The van der Waals surface area contributed by atoms with E-state index in [-0.39, 0.29) is 5.56 Å². The minimum Gasteiger partial charge on any atom is -0.497 e. The van der Waals surface area contributed by atoms with Crippen molar-refractivity contribution in [3.8, 4) is 16.2 Å². The number of amidine groups is 1. The van der Waals surface area contributed by atoms with Crippen molar-refractivity contribution in [1.82, 2.24) is 4.90 Å². The number of nitrogens with zero attached hydrogens (tertiary/aromatic N) is 2. The van der Waals surface area contributed by atoms with Crippen LogP contribution in [-0.4, -0.2) is 41.7 Å². The first kappa shape index (κ1) is 22.3. The standard InChI is InChI=1S/C23H20N2O4S2/c1-25(15-26)23(24-18-7-9-19(29-2)10-8-18)30-14-13-20-11-12-21(31-20)16-3-5-17(6-4-16)22(27)28/h3-15H,1-2H3,(H,27,28)/b14-13-,24-23?. The van der Waals surface area contributed by atoms with Gasteiger partial charge >= 0.3 is 5.97 Å². The Bertz CT molecular complexity index is 1100. The number of benzene rings is 2. The molecule has 0 aliphatic carbocycles. The van der Waals surface area contributed by atoms with Crippen LogP contribution in [0.15, 0.2) is 71.1 Å². The summed E-state index contributed by atoms with van der Waals surface area (Å²) in [5, 5.41) is 11.4. The van der Waals surface area contributed by atoms with Crippen LogP contribution in [0, 0.1) is 0 Å². The lowest BCUT2D eigenvalue weighted by Gasteiger charge is -2.11. The first-order valence-corrected chi connectivity index (χ1v) is 10.9. The molecule has 0 fully saturated rings. The molecule has 0 spiro atoms. The summed E-state index contributed by atoms with van der Waals surface area (Å²) < 4.78 is 5.15. The molecule has 0 atom stereocenters. The molecule has 0 saturated carbocycles. The molecule has 6 nitrogen and oxygen atoms in total. The van der Waals surface area contributed by atoms with Crippen LogP contribution >= 0.6 is 23.1 Å². The van der Waals surface area contributed by atoms with E-state index in [1.807, 2.05) is 47.9 Å². The number of carboxylic acid groups (broad SMARTS) is 1. The number of hydrogen-bond acceptors (Lipinski definition) is 6. The first-order valence-electron chi connectivity index (χ1n) is 9.18. The third-order valence-electron chi connectivity index (χ3n) is 4.21. The number of methoxy groups -OCH3 is 1. The van der Waals surface area contributed by atoms with Crippen LogP contribution in [0.1, 0.15) is 15.2 Å². The van der Waals surface area contributed by atoms with Crippen LogP contribution in [0.2, 0.25) is 0 Å². The summed E-state index contributed by atoms with van der Waals surface area (Å²) in [6.07, 6.45) is 2.67. The summed E-state index contributed by atoms with van der Waals surface area (Å²) in [7, 11) is 3.26. The van der Waals surface area contributed by atoms with Crippen LogP contribution in [0.4, 0.5) is 5.69 Å². The van der Waals surface area contributed by atoms with Gasteiger partial charge in [0.25, 0.3) is 0 Å². The van der Waals surface area contributed by atoms with E-state index in [0.29, 0.717) is 17.3 Å². The molecule has 2 aromatic carbocycles. The molecule has 1 heterocycles. The van der Waals surface area contributed by atoms with Crippen LogP contribution in [0.5, 0.6) is 5.75 Å². The van der Waals surface area contributed by atoms with Gasteiger partial charge in [0, 0.05) is 16.8 Å². The second-order valence-electron chi connectivity index (χ2n) is 6.31. The summed E-state index contributed by atoms with van der Waals surface area (Å²) in [5.74, 6) is -0.200. The van der Waals surface area contributed by atoms with E-state index >= 15 is 0 Å².